The minimum Gasteiger partial charge on any atom is -0.345 e. The first-order chi connectivity index (χ1) is 18.1. The predicted octanol–water partition coefficient (Wildman–Crippen LogP) is 8.07. The van der Waals surface area contributed by atoms with E-state index in [0.717, 1.165) is 19.2 Å². The van der Waals surface area contributed by atoms with Crippen molar-refractivity contribution in [2.24, 2.45) is 0 Å². The Labute approximate surface area is 234 Å². The van der Waals surface area contributed by atoms with Crippen molar-refractivity contribution in [2.75, 3.05) is 20.1 Å². The van der Waals surface area contributed by atoms with Crippen LogP contribution in [0.25, 0.3) is 5.83 Å². The molecule has 17 heteroatoms. The van der Waals surface area contributed by atoms with Gasteiger partial charge in [0, 0.05) is 12.6 Å². The second-order valence-electron chi connectivity index (χ2n) is 8.14. The number of carbonyl (C=O) groups is 2. The van der Waals surface area contributed by atoms with E-state index >= 15 is 0 Å². The minimum absolute atomic E-state index is 0.0238. The third kappa shape index (κ3) is 8.90. The fraction of sp³-hybridized carbons (Fsp3) is 0.304. The lowest BCUT2D eigenvalue weighted by Crippen LogP contribution is -2.42. The molecule has 0 bridgehead atoms. The molecule has 220 valence electrons. The lowest BCUT2D eigenvalue weighted by atomic mass is 9.95. The highest BCUT2D eigenvalue weighted by Gasteiger charge is 2.41. The van der Waals surface area contributed by atoms with E-state index in [1.165, 1.54) is 5.32 Å². The van der Waals surface area contributed by atoms with Crippen molar-refractivity contribution in [1.29, 1.82) is 0 Å². The van der Waals surface area contributed by atoms with Gasteiger partial charge in [-0.25, -0.2) is 4.39 Å². The molecule has 0 heterocycles. The number of alkyl halides is 9. The summed E-state index contributed by atoms with van der Waals surface area (Å²) < 4.78 is 134. The Hall–Kier alpha value is -2.71. The standard InChI is InChI=1S/C23H15Cl3F10N2O2/c1-38(8-18(39)37-9-21(28,29)30)20(40)12-3-2-10(4-14(12)23(34,35)36)17(27)7-13(22(31,32)33)11-5-15(24)19(26)16(25)6-11/h2-7,13H,8-9H2,1H3,(H,37,39). The normalized spacial score (nSPS) is 13.7. The van der Waals surface area contributed by atoms with Crippen molar-refractivity contribution in [1.82, 2.24) is 10.2 Å². The highest BCUT2D eigenvalue weighted by atomic mass is 35.5. The maximum absolute atomic E-state index is 15.0. The number of allylic oxidation sites excluding steroid dienone is 1. The molecule has 0 radical (unpaired) electrons. The number of carbonyl (C=O) groups excluding carboxylic acids is 2. The molecule has 0 fully saturated rings. The number of amides is 2. The average molecular weight is 648 g/mol. The van der Waals surface area contributed by atoms with Crippen LogP contribution in [0.1, 0.15) is 33.0 Å². The Morgan fingerprint density at radius 1 is 0.950 bits per heavy atom. The highest BCUT2D eigenvalue weighted by Crippen LogP contribution is 2.43. The van der Waals surface area contributed by atoms with Gasteiger partial charge in [0.25, 0.3) is 5.91 Å². The number of hydrogen-bond donors (Lipinski definition) is 1. The monoisotopic (exact) mass is 646 g/mol. The zero-order valence-corrected chi connectivity index (χ0v) is 21.9. The van der Waals surface area contributed by atoms with Crippen LogP contribution in [0.4, 0.5) is 43.9 Å². The van der Waals surface area contributed by atoms with Gasteiger partial charge in [-0.15, -0.1) is 0 Å². The number of halogens is 13. The third-order valence-electron chi connectivity index (χ3n) is 5.08. The molecule has 0 aromatic heterocycles. The number of nitrogens with one attached hydrogen (secondary N) is 1. The Bertz CT molecular complexity index is 1280. The Balaban J connectivity index is 2.47. The second-order valence-corrected chi connectivity index (χ2v) is 9.34. The van der Waals surface area contributed by atoms with Crippen molar-refractivity contribution in [3.05, 3.63) is 73.7 Å². The molecule has 40 heavy (non-hydrogen) atoms. The van der Waals surface area contributed by atoms with Crippen LogP contribution in [0.5, 0.6) is 0 Å². The summed E-state index contributed by atoms with van der Waals surface area (Å²) in [6.45, 7) is -2.82. The topological polar surface area (TPSA) is 49.4 Å². The Morgan fingerprint density at radius 3 is 1.98 bits per heavy atom. The largest absolute Gasteiger partial charge is 0.417 e. The molecule has 1 N–H and O–H groups in total. The van der Waals surface area contributed by atoms with Crippen LogP contribution in [-0.2, 0) is 11.0 Å². The molecule has 4 nitrogen and oxygen atoms in total. The molecule has 2 rings (SSSR count). The molecular weight excluding hydrogens is 633 g/mol. The number of rotatable bonds is 7. The zero-order chi connectivity index (χ0) is 30.8. The summed E-state index contributed by atoms with van der Waals surface area (Å²) in [7, 11) is 0.820. The highest BCUT2D eigenvalue weighted by molar-refractivity contribution is 6.48. The van der Waals surface area contributed by atoms with Gasteiger partial charge >= 0.3 is 18.5 Å². The van der Waals surface area contributed by atoms with Gasteiger partial charge in [-0.05, 0) is 35.9 Å². The molecule has 0 saturated carbocycles. The summed E-state index contributed by atoms with van der Waals surface area (Å²) in [5.41, 5.74) is -4.58. The van der Waals surface area contributed by atoms with Crippen LogP contribution in [0.2, 0.25) is 15.1 Å². The number of hydrogen-bond acceptors (Lipinski definition) is 2. The van der Waals surface area contributed by atoms with Gasteiger partial charge < -0.3 is 10.2 Å². The van der Waals surface area contributed by atoms with Crippen LogP contribution in [0.15, 0.2) is 36.4 Å². The smallest absolute Gasteiger partial charge is 0.345 e. The van der Waals surface area contributed by atoms with E-state index in [1.807, 2.05) is 0 Å². The molecular formula is C23H15Cl3F10N2O2. The first kappa shape index (κ1) is 33.5. The van der Waals surface area contributed by atoms with E-state index in [0.29, 0.717) is 17.0 Å². The Kier molecular flexibility index (Phi) is 10.4. The number of likely N-dealkylation sites (N-methyl/N-ethyl adjacent to an activating group) is 1. The molecule has 1 unspecified atom stereocenters. The zero-order valence-electron chi connectivity index (χ0n) is 19.6. The van der Waals surface area contributed by atoms with Crippen molar-refractivity contribution in [3.8, 4) is 0 Å². The summed E-state index contributed by atoms with van der Waals surface area (Å²) in [5, 5.41) is 0.352. The van der Waals surface area contributed by atoms with Crippen molar-refractivity contribution >= 4 is 52.4 Å². The van der Waals surface area contributed by atoms with E-state index < -0.39 is 87.5 Å². The summed E-state index contributed by atoms with van der Waals surface area (Å²) in [6.07, 6.45) is -15.3. The van der Waals surface area contributed by atoms with Crippen LogP contribution in [0, 0.1) is 0 Å². The van der Waals surface area contributed by atoms with E-state index in [9.17, 15) is 53.5 Å². The third-order valence-corrected chi connectivity index (χ3v) is 6.27. The maximum atomic E-state index is 15.0. The summed E-state index contributed by atoms with van der Waals surface area (Å²) in [6, 6.07) is 2.62. The predicted molar refractivity (Wildman–Crippen MR) is 127 cm³/mol. The van der Waals surface area contributed by atoms with Crippen molar-refractivity contribution < 1.29 is 53.5 Å². The molecule has 0 spiro atoms. The molecule has 1 atom stereocenters. The van der Waals surface area contributed by atoms with Crippen molar-refractivity contribution in [2.45, 2.75) is 24.4 Å². The molecule has 2 aromatic rings. The quantitative estimate of drug-likeness (QED) is 0.244. The van der Waals surface area contributed by atoms with Gasteiger partial charge in [0.2, 0.25) is 5.91 Å². The van der Waals surface area contributed by atoms with Gasteiger partial charge in [-0.2, -0.15) is 39.5 Å². The van der Waals surface area contributed by atoms with Gasteiger partial charge in [0.1, 0.15) is 18.3 Å². The molecule has 0 aliphatic heterocycles. The van der Waals surface area contributed by atoms with E-state index in [2.05, 4.69) is 0 Å². The summed E-state index contributed by atoms with van der Waals surface area (Å²) in [5.74, 6) is -7.30. The minimum atomic E-state index is -5.33. The van der Waals surface area contributed by atoms with Gasteiger partial charge in [-0.1, -0.05) is 40.9 Å². The molecule has 0 aliphatic carbocycles. The number of benzene rings is 2. The molecule has 0 aliphatic rings. The Morgan fingerprint density at radius 2 is 1.50 bits per heavy atom. The van der Waals surface area contributed by atoms with E-state index in [4.69, 9.17) is 34.8 Å². The maximum Gasteiger partial charge on any atom is 0.417 e. The SMILES string of the molecule is CN(CC(=O)NCC(F)(F)F)C(=O)c1ccc(C(F)=CC(c2cc(Cl)c(Cl)c(Cl)c2)C(F)(F)F)cc1C(F)(F)F. The molecule has 2 aromatic carbocycles. The van der Waals surface area contributed by atoms with Gasteiger partial charge in [0.05, 0.1) is 32.7 Å². The lowest BCUT2D eigenvalue weighted by molar-refractivity contribution is -0.140. The lowest BCUT2D eigenvalue weighted by Gasteiger charge is -2.21. The van der Waals surface area contributed by atoms with Crippen LogP contribution < -0.4 is 5.32 Å². The first-order valence-corrected chi connectivity index (χ1v) is 11.6. The second kappa shape index (κ2) is 12.4. The molecule has 0 saturated heterocycles. The number of nitrogens with zero attached hydrogens (tertiary/aromatic N) is 1. The summed E-state index contributed by atoms with van der Waals surface area (Å²) in [4.78, 5) is 24.5. The van der Waals surface area contributed by atoms with Crippen LogP contribution >= 0.6 is 34.8 Å². The first-order valence-electron chi connectivity index (χ1n) is 10.5. The summed E-state index contributed by atoms with van der Waals surface area (Å²) >= 11 is 17.2. The van der Waals surface area contributed by atoms with Crippen LogP contribution in [0.3, 0.4) is 0 Å². The fourth-order valence-electron chi connectivity index (χ4n) is 3.24. The van der Waals surface area contributed by atoms with Gasteiger partial charge in [0.15, 0.2) is 0 Å². The fourth-order valence-corrected chi connectivity index (χ4v) is 3.85. The average Bonchev–Trinajstić information content (AvgIpc) is 2.81. The molecule has 2 amide bonds. The van der Waals surface area contributed by atoms with Crippen LogP contribution in [-0.4, -0.2) is 49.2 Å². The van der Waals surface area contributed by atoms with E-state index in [1.54, 1.807) is 0 Å². The van der Waals surface area contributed by atoms with Crippen molar-refractivity contribution in [3.63, 3.8) is 0 Å². The van der Waals surface area contributed by atoms with E-state index in [-0.39, 0.29) is 17.2 Å². The van der Waals surface area contributed by atoms with Gasteiger partial charge in [-0.3, -0.25) is 9.59 Å².